The summed E-state index contributed by atoms with van der Waals surface area (Å²) in [5.41, 5.74) is 1.25. The van der Waals surface area contributed by atoms with Crippen LogP contribution in [0.25, 0.3) is 0 Å². The zero-order valence-electron chi connectivity index (χ0n) is 9.63. The molecule has 1 fully saturated rings. The van der Waals surface area contributed by atoms with Crippen molar-refractivity contribution >= 4 is 11.6 Å². The first-order chi connectivity index (χ1) is 7.79. The van der Waals surface area contributed by atoms with Gasteiger partial charge in [0.15, 0.2) is 0 Å². The van der Waals surface area contributed by atoms with Crippen molar-refractivity contribution in [2.24, 2.45) is 5.92 Å². The molecule has 0 unspecified atom stereocenters. The lowest BCUT2D eigenvalue weighted by molar-refractivity contribution is 0.260. The highest BCUT2D eigenvalue weighted by atomic mass is 35.5. The molecule has 0 saturated carbocycles. The van der Waals surface area contributed by atoms with Gasteiger partial charge in [-0.1, -0.05) is 24.6 Å². The topological polar surface area (TPSA) is 21.3 Å². The third kappa shape index (κ3) is 2.89. The van der Waals surface area contributed by atoms with E-state index in [1.165, 1.54) is 12.0 Å². The van der Waals surface area contributed by atoms with Crippen molar-refractivity contribution in [2.75, 3.05) is 19.7 Å². The molecule has 0 aromatic heterocycles. The molecule has 1 N–H and O–H groups in total. The summed E-state index contributed by atoms with van der Waals surface area (Å²) in [6.45, 7) is 5.05. The molecular weight excluding hydrogens is 222 g/mol. The van der Waals surface area contributed by atoms with Crippen LogP contribution < -0.4 is 10.1 Å². The Morgan fingerprint density at radius 1 is 1.50 bits per heavy atom. The van der Waals surface area contributed by atoms with E-state index in [-0.39, 0.29) is 0 Å². The Morgan fingerprint density at radius 3 is 3.00 bits per heavy atom. The molecule has 1 atom stereocenters. The summed E-state index contributed by atoms with van der Waals surface area (Å²) in [4.78, 5) is 0. The van der Waals surface area contributed by atoms with E-state index in [1.54, 1.807) is 0 Å². The maximum absolute atomic E-state index is 6.15. The number of halogens is 1. The van der Waals surface area contributed by atoms with Crippen LogP contribution >= 0.6 is 11.6 Å². The number of hydrogen-bond acceptors (Lipinski definition) is 2. The molecule has 1 heterocycles. The van der Waals surface area contributed by atoms with Gasteiger partial charge in [-0.2, -0.15) is 0 Å². The van der Waals surface area contributed by atoms with Crippen LogP contribution in [0.5, 0.6) is 5.75 Å². The van der Waals surface area contributed by atoms with Crippen molar-refractivity contribution in [1.82, 2.24) is 5.32 Å². The molecule has 0 amide bonds. The first-order valence-electron chi connectivity index (χ1n) is 5.91. The Labute approximate surface area is 102 Å². The summed E-state index contributed by atoms with van der Waals surface area (Å²) in [6, 6.07) is 6.04. The minimum Gasteiger partial charge on any atom is -0.492 e. The second kappa shape index (κ2) is 5.55. The summed E-state index contributed by atoms with van der Waals surface area (Å²) in [6.07, 6.45) is 2.21. The van der Waals surface area contributed by atoms with E-state index in [1.807, 2.05) is 12.1 Å². The molecule has 0 radical (unpaired) electrons. The van der Waals surface area contributed by atoms with Gasteiger partial charge in [-0.15, -0.1) is 0 Å². The summed E-state index contributed by atoms with van der Waals surface area (Å²) in [5, 5.41) is 4.06. The normalized spacial score (nSPS) is 20.0. The Morgan fingerprint density at radius 2 is 2.38 bits per heavy atom. The predicted molar refractivity (Wildman–Crippen MR) is 67.3 cm³/mol. The van der Waals surface area contributed by atoms with Crippen LogP contribution in [0.3, 0.4) is 0 Å². The first kappa shape index (κ1) is 11.7. The highest BCUT2D eigenvalue weighted by molar-refractivity contribution is 6.32. The number of aryl methyl sites for hydroxylation is 1. The van der Waals surface area contributed by atoms with Crippen LogP contribution in [0.4, 0.5) is 0 Å². The lowest BCUT2D eigenvalue weighted by Gasteiger charge is -2.12. The van der Waals surface area contributed by atoms with Gasteiger partial charge in [-0.05, 0) is 37.1 Å². The van der Waals surface area contributed by atoms with Gasteiger partial charge >= 0.3 is 0 Å². The quantitative estimate of drug-likeness (QED) is 0.873. The Balaban J connectivity index is 1.93. The smallest absolute Gasteiger partial charge is 0.137 e. The Bertz CT molecular complexity index is 348. The molecule has 0 bridgehead atoms. The highest BCUT2D eigenvalue weighted by Gasteiger charge is 2.15. The number of hydrogen-bond donors (Lipinski definition) is 1. The Kier molecular flexibility index (Phi) is 4.08. The second-order valence-corrected chi connectivity index (χ2v) is 4.70. The van der Waals surface area contributed by atoms with E-state index in [2.05, 4.69) is 18.3 Å². The van der Waals surface area contributed by atoms with Crippen LogP contribution in [0.15, 0.2) is 18.2 Å². The van der Waals surface area contributed by atoms with Gasteiger partial charge in [-0.25, -0.2) is 0 Å². The largest absolute Gasteiger partial charge is 0.492 e. The molecule has 88 valence electrons. The number of rotatable bonds is 4. The Hall–Kier alpha value is -0.730. The molecule has 2 nitrogen and oxygen atoms in total. The molecule has 1 aromatic rings. The minimum atomic E-state index is 0.627. The average Bonchev–Trinajstić information content (AvgIpc) is 2.80. The SMILES string of the molecule is CCc1ccc(OC[C@@H]2CCNC2)c(Cl)c1. The third-order valence-corrected chi connectivity index (χ3v) is 3.34. The lowest BCUT2D eigenvalue weighted by atomic mass is 10.1. The van der Waals surface area contributed by atoms with E-state index >= 15 is 0 Å². The molecule has 1 aliphatic rings. The molecule has 2 rings (SSSR count). The average molecular weight is 240 g/mol. The molecule has 1 aliphatic heterocycles. The molecule has 3 heteroatoms. The maximum atomic E-state index is 6.15. The summed E-state index contributed by atoms with van der Waals surface area (Å²) in [5.74, 6) is 1.44. The molecule has 1 saturated heterocycles. The standard InChI is InChI=1S/C13H18ClNO/c1-2-10-3-4-13(12(14)7-10)16-9-11-5-6-15-8-11/h3-4,7,11,15H,2,5-6,8-9H2,1H3/t11-/m1/s1. The molecule has 0 aliphatic carbocycles. The fourth-order valence-electron chi connectivity index (χ4n) is 1.95. The van der Waals surface area contributed by atoms with Crippen LogP contribution in [0.1, 0.15) is 18.9 Å². The summed E-state index contributed by atoms with van der Waals surface area (Å²) >= 11 is 6.15. The van der Waals surface area contributed by atoms with E-state index in [4.69, 9.17) is 16.3 Å². The van der Waals surface area contributed by atoms with Crippen LogP contribution in [-0.4, -0.2) is 19.7 Å². The van der Waals surface area contributed by atoms with Crippen molar-refractivity contribution in [3.63, 3.8) is 0 Å². The monoisotopic (exact) mass is 239 g/mol. The first-order valence-corrected chi connectivity index (χ1v) is 6.29. The predicted octanol–water partition coefficient (Wildman–Crippen LogP) is 2.89. The van der Waals surface area contributed by atoms with E-state index in [0.717, 1.165) is 36.9 Å². The lowest BCUT2D eigenvalue weighted by Crippen LogP contribution is -2.15. The van der Waals surface area contributed by atoms with Crippen molar-refractivity contribution < 1.29 is 4.74 Å². The highest BCUT2D eigenvalue weighted by Crippen LogP contribution is 2.26. The number of nitrogens with one attached hydrogen (secondary N) is 1. The zero-order chi connectivity index (χ0) is 11.4. The minimum absolute atomic E-state index is 0.627. The number of ether oxygens (including phenoxy) is 1. The van der Waals surface area contributed by atoms with Gasteiger partial charge in [0.25, 0.3) is 0 Å². The van der Waals surface area contributed by atoms with E-state index in [0.29, 0.717) is 5.92 Å². The van der Waals surface area contributed by atoms with Crippen LogP contribution in [0.2, 0.25) is 5.02 Å². The van der Waals surface area contributed by atoms with Crippen molar-refractivity contribution in [1.29, 1.82) is 0 Å². The third-order valence-electron chi connectivity index (χ3n) is 3.04. The van der Waals surface area contributed by atoms with Gasteiger partial charge in [0, 0.05) is 12.5 Å². The van der Waals surface area contributed by atoms with Crippen molar-refractivity contribution in [3.8, 4) is 5.75 Å². The van der Waals surface area contributed by atoms with Gasteiger partial charge in [0.05, 0.1) is 11.6 Å². The van der Waals surface area contributed by atoms with E-state index < -0.39 is 0 Å². The molecule has 1 aromatic carbocycles. The zero-order valence-corrected chi connectivity index (χ0v) is 10.4. The molecule has 0 spiro atoms. The number of benzene rings is 1. The van der Waals surface area contributed by atoms with Gasteiger partial charge < -0.3 is 10.1 Å². The van der Waals surface area contributed by atoms with Crippen LogP contribution in [-0.2, 0) is 6.42 Å². The second-order valence-electron chi connectivity index (χ2n) is 4.29. The molecular formula is C13H18ClNO. The maximum Gasteiger partial charge on any atom is 0.137 e. The molecule has 16 heavy (non-hydrogen) atoms. The van der Waals surface area contributed by atoms with Crippen molar-refractivity contribution in [3.05, 3.63) is 28.8 Å². The van der Waals surface area contributed by atoms with Gasteiger partial charge in [0.2, 0.25) is 0 Å². The fraction of sp³-hybridized carbons (Fsp3) is 0.538. The summed E-state index contributed by atoms with van der Waals surface area (Å²) in [7, 11) is 0. The van der Waals surface area contributed by atoms with E-state index in [9.17, 15) is 0 Å². The van der Waals surface area contributed by atoms with Crippen molar-refractivity contribution in [2.45, 2.75) is 19.8 Å². The van der Waals surface area contributed by atoms with Gasteiger partial charge in [-0.3, -0.25) is 0 Å². The van der Waals surface area contributed by atoms with Gasteiger partial charge in [0.1, 0.15) is 5.75 Å². The van der Waals surface area contributed by atoms with Crippen LogP contribution in [0, 0.1) is 5.92 Å². The summed E-state index contributed by atoms with van der Waals surface area (Å²) < 4.78 is 5.75. The fourth-order valence-corrected chi connectivity index (χ4v) is 2.20.